The Balaban J connectivity index is 2.18. The maximum absolute atomic E-state index is 12.9. The Labute approximate surface area is 133 Å². The summed E-state index contributed by atoms with van der Waals surface area (Å²) in [6, 6.07) is 16.1. The molecule has 1 amide bonds. The van der Waals surface area contributed by atoms with E-state index in [4.69, 9.17) is 0 Å². The van der Waals surface area contributed by atoms with E-state index in [0.29, 0.717) is 0 Å². The molecule has 1 aliphatic rings. The molecule has 0 spiro atoms. The largest absolute Gasteiger partial charge is 0.277 e. The van der Waals surface area contributed by atoms with Gasteiger partial charge in [-0.3, -0.25) is 9.69 Å². The second-order valence-corrected chi connectivity index (χ2v) is 11.9. The molecule has 0 saturated carbocycles. The van der Waals surface area contributed by atoms with Crippen LogP contribution in [0, 0.1) is 6.92 Å². The summed E-state index contributed by atoms with van der Waals surface area (Å²) in [5.41, 5.74) is 7.35. The number of hydrogen-bond donors (Lipinski definition) is 0. The van der Waals surface area contributed by atoms with Crippen molar-refractivity contribution >= 4 is 25.4 Å². The van der Waals surface area contributed by atoms with Crippen LogP contribution in [0.25, 0.3) is 5.70 Å². The van der Waals surface area contributed by atoms with Crippen molar-refractivity contribution in [1.82, 2.24) is 0 Å². The Kier molecular flexibility index (Phi) is 3.53. The van der Waals surface area contributed by atoms with E-state index < -0.39 is 8.07 Å². The summed E-state index contributed by atoms with van der Waals surface area (Å²) in [5, 5.41) is 0. The van der Waals surface area contributed by atoms with Gasteiger partial charge in [-0.05, 0) is 25.1 Å². The first-order valence-electron chi connectivity index (χ1n) is 7.60. The monoisotopic (exact) mass is 307 g/mol. The van der Waals surface area contributed by atoms with Crippen molar-refractivity contribution in [1.29, 1.82) is 0 Å². The molecule has 0 radical (unpaired) electrons. The van der Waals surface area contributed by atoms with Gasteiger partial charge in [-0.15, -0.1) is 0 Å². The van der Waals surface area contributed by atoms with Gasteiger partial charge in [0.15, 0.2) is 0 Å². The van der Waals surface area contributed by atoms with Gasteiger partial charge in [0, 0.05) is 22.5 Å². The second kappa shape index (κ2) is 5.25. The van der Waals surface area contributed by atoms with Crippen molar-refractivity contribution in [2.75, 3.05) is 4.90 Å². The van der Waals surface area contributed by atoms with Crippen LogP contribution in [0.2, 0.25) is 19.6 Å². The lowest BCUT2D eigenvalue weighted by molar-refractivity contribution is 0.101. The lowest BCUT2D eigenvalue weighted by atomic mass is 10.1. The average Bonchev–Trinajstić information content (AvgIpc) is 2.72. The van der Waals surface area contributed by atoms with E-state index in [2.05, 4.69) is 44.4 Å². The number of amides is 1. The minimum atomic E-state index is -1.46. The maximum Gasteiger partial charge on any atom is 0.263 e. The standard InChI is InChI=1S/C19H21NOSi/c1-14-9-11-15(12-10-14)20-18(13-22(2,3)4)16-7-5-6-8-17(16)19(20)21/h5-13H,1-4H3/b18-13-. The highest BCUT2D eigenvalue weighted by molar-refractivity contribution is 6.82. The fourth-order valence-corrected chi connectivity index (χ4v) is 3.85. The maximum atomic E-state index is 12.9. The highest BCUT2D eigenvalue weighted by Gasteiger charge is 2.34. The summed E-state index contributed by atoms with van der Waals surface area (Å²) in [6.45, 7) is 8.93. The SMILES string of the molecule is Cc1ccc(N2C(=O)c3ccccc3/C2=C/[Si](C)(C)C)cc1. The fourth-order valence-electron chi connectivity index (χ4n) is 2.75. The van der Waals surface area contributed by atoms with Crippen molar-refractivity contribution in [3.05, 3.63) is 70.9 Å². The third-order valence-electron chi connectivity index (χ3n) is 3.74. The van der Waals surface area contributed by atoms with Crippen molar-refractivity contribution < 1.29 is 4.79 Å². The zero-order valence-electron chi connectivity index (χ0n) is 13.6. The van der Waals surface area contributed by atoms with Crippen LogP contribution in [0.1, 0.15) is 21.5 Å². The summed E-state index contributed by atoms with van der Waals surface area (Å²) in [5.74, 6) is 0.0731. The van der Waals surface area contributed by atoms with Crippen LogP contribution in [0.5, 0.6) is 0 Å². The summed E-state index contributed by atoms with van der Waals surface area (Å²) >= 11 is 0. The lowest BCUT2D eigenvalue weighted by Crippen LogP contribution is -2.25. The number of hydrogen-bond acceptors (Lipinski definition) is 1. The normalized spacial score (nSPS) is 16.3. The predicted molar refractivity (Wildman–Crippen MR) is 95.8 cm³/mol. The Hall–Kier alpha value is -2.13. The van der Waals surface area contributed by atoms with E-state index in [0.717, 1.165) is 22.5 Å². The number of fused-ring (bicyclic) bond motifs is 1. The van der Waals surface area contributed by atoms with Crippen molar-refractivity contribution in [2.24, 2.45) is 0 Å². The summed E-state index contributed by atoms with van der Waals surface area (Å²) in [6.07, 6.45) is 0. The molecule has 22 heavy (non-hydrogen) atoms. The fraction of sp³-hybridized carbons (Fsp3) is 0.211. The minimum Gasteiger partial charge on any atom is -0.277 e. The van der Waals surface area contributed by atoms with Gasteiger partial charge < -0.3 is 0 Å². The number of nitrogens with zero attached hydrogens (tertiary/aromatic N) is 1. The van der Waals surface area contributed by atoms with Gasteiger partial charge in [-0.25, -0.2) is 0 Å². The van der Waals surface area contributed by atoms with Gasteiger partial charge in [0.1, 0.15) is 0 Å². The second-order valence-electron chi connectivity index (χ2n) is 6.92. The van der Waals surface area contributed by atoms with Crippen LogP contribution in [0.3, 0.4) is 0 Å². The Bertz CT molecular complexity index is 754. The third-order valence-corrected chi connectivity index (χ3v) is 4.88. The van der Waals surface area contributed by atoms with Crippen LogP contribution in [-0.4, -0.2) is 14.0 Å². The highest BCUT2D eigenvalue weighted by atomic mass is 28.3. The van der Waals surface area contributed by atoms with E-state index >= 15 is 0 Å². The molecule has 2 aromatic carbocycles. The molecule has 0 aromatic heterocycles. The van der Waals surface area contributed by atoms with Gasteiger partial charge in [-0.1, -0.05) is 61.2 Å². The molecule has 0 saturated heterocycles. The van der Waals surface area contributed by atoms with E-state index in [9.17, 15) is 4.79 Å². The number of anilines is 1. The Morgan fingerprint density at radius 3 is 2.09 bits per heavy atom. The molecule has 0 atom stereocenters. The molecule has 2 nitrogen and oxygen atoms in total. The molecule has 1 heterocycles. The minimum absolute atomic E-state index is 0.0731. The zero-order valence-corrected chi connectivity index (χ0v) is 14.6. The molecule has 112 valence electrons. The molecule has 3 heteroatoms. The molecule has 0 aliphatic carbocycles. The summed E-state index contributed by atoms with van der Waals surface area (Å²) in [4.78, 5) is 14.7. The quantitative estimate of drug-likeness (QED) is 0.725. The molecule has 3 rings (SSSR count). The Morgan fingerprint density at radius 1 is 0.909 bits per heavy atom. The lowest BCUT2D eigenvalue weighted by Gasteiger charge is -2.22. The smallest absolute Gasteiger partial charge is 0.263 e. The Morgan fingerprint density at radius 2 is 1.50 bits per heavy atom. The van der Waals surface area contributed by atoms with Gasteiger partial charge in [-0.2, -0.15) is 0 Å². The highest BCUT2D eigenvalue weighted by Crippen LogP contribution is 2.37. The van der Waals surface area contributed by atoms with Crippen molar-refractivity contribution in [2.45, 2.75) is 26.6 Å². The molecule has 0 bridgehead atoms. The summed E-state index contributed by atoms with van der Waals surface area (Å²) < 4.78 is 0. The van der Waals surface area contributed by atoms with E-state index in [1.54, 1.807) is 0 Å². The topological polar surface area (TPSA) is 20.3 Å². The van der Waals surface area contributed by atoms with E-state index in [-0.39, 0.29) is 5.91 Å². The van der Waals surface area contributed by atoms with Gasteiger partial charge in [0.25, 0.3) is 5.91 Å². The van der Waals surface area contributed by atoms with Gasteiger partial charge >= 0.3 is 0 Å². The molecule has 2 aromatic rings. The first-order chi connectivity index (χ1) is 10.4. The molecular weight excluding hydrogens is 286 g/mol. The first-order valence-corrected chi connectivity index (χ1v) is 11.2. The van der Waals surface area contributed by atoms with Crippen molar-refractivity contribution in [3.63, 3.8) is 0 Å². The molecule has 0 fully saturated rings. The predicted octanol–water partition coefficient (Wildman–Crippen LogP) is 4.87. The summed E-state index contributed by atoms with van der Waals surface area (Å²) in [7, 11) is -1.46. The van der Waals surface area contributed by atoms with Crippen molar-refractivity contribution in [3.8, 4) is 0 Å². The third kappa shape index (κ3) is 2.64. The molecule has 0 unspecified atom stereocenters. The number of benzene rings is 2. The van der Waals surface area contributed by atoms with Crippen LogP contribution in [-0.2, 0) is 0 Å². The molecule has 0 N–H and O–H groups in total. The van der Waals surface area contributed by atoms with Gasteiger partial charge in [0.2, 0.25) is 0 Å². The number of aryl methyl sites for hydroxylation is 1. The number of carbonyl (C=O) groups excluding carboxylic acids is 1. The van der Waals surface area contributed by atoms with Crippen LogP contribution in [0.4, 0.5) is 5.69 Å². The van der Waals surface area contributed by atoms with Crippen LogP contribution in [0.15, 0.2) is 54.2 Å². The van der Waals surface area contributed by atoms with Crippen LogP contribution >= 0.6 is 0 Å². The number of rotatable bonds is 2. The van der Waals surface area contributed by atoms with E-state index in [1.807, 2.05) is 41.3 Å². The average molecular weight is 307 g/mol. The van der Waals surface area contributed by atoms with Crippen LogP contribution < -0.4 is 4.90 Å². The molecular formula is C19H21NOSi. The van der Waals surface area contributed by atoms with E-state index in [1.165, 1.54) is 5.56 Å². The molecule has 1 aliphatic heterocycles. The van der Waals surface area contributed by atoms with Gasteiger partial charge in [0.05, 0.1) is 8.07 Å². The zero-order chi connectivity index (χ0) is 15.9. The number of carbonyl (C=O) groups is 1. The first kappa shape index (κ1) is 14.8.